The van der Waals surface area contributed by atoms with Crippen molar-refractivity contribution >= 4 is 14.1 Å². The molecule has 0 aromatic heterocycles. The Labute approximate surface area is 70.4 Å². The predicted molar refractivity (Wildman–Crippen MR) is 51.0 cm³/mol. The summed E-state index contributed by atoms with van der Waals surface area (Å²) in [6, 6.07) is 0. The van der Waals surface area contributed by atoms with Crippen molar-refractivity contribution in [2.45, 2.75) is 55.9 Å². The van der Waals surface area contributed by atoms with Crippen LogP contribution in [-0.4, -0.2) is 14.1 Å². The van der Waals surface area contributed by atoms with Gasteiger partial charge in [0.1, 0.15) is 0 Å². The van der Waals surface area contributed by atoms with Gasteiger partial charge in [-0.2, -0.15) is 0 Å². The molecule has 60 valence electrons. The Bertz CT molecular complexity index is 88.9. The van der Waals surface area contributed by atoms with E-state index in [1.807, 2.05) is 0 Å². The quantitative estimate of drug-likeness (QED) is 0.469. The zero-order valence-corrected chi connectivity index (χ0v) is 9.73. The summed E-state index contributed by atoms with van der Waals surface area (Å²) in [6.07, 6.45) is 0. The summed E-state index contributed by atoms with van der Waals surface area (Å²) >= 11 is -0.579. The summed E-state index contributed by atoms with van der Waals surface area (Å²) in [4.78, 5) is 0. The zero-order valence-electron chi connectivity index (χ0n) is 8.58. The van der Waals surface area contributed by atoms with Gasteiger partial charge < -0.3 is 0 Å². The predicted octanol–water partition coefficient (Wildman–Crippen LogP) is 3.71. The number of rotatable bonds is 0. The van der Waals surface area contributed by atoms with Crippen LogP contribution >= 0.6 is 0 Å². The smallest absolute Gasteiger partial charge is 0.105 e. The number of hydrogen-bond acceptors (Lipinski definition) is 0. The van der Waals surface area contributed by atoms with Gasteiger partial charge in [-0.1, -0.05) is 50.1 Å². The lowest BCUT2D eigenvalue weighted by atomic mass is 10.2. The van der Waals surface area contributed by atoms with E-state index in [9.17, 15) is 0 Å². The van der Waals surface area contributed by atoms with Crippen LogP contribution in [0.3, 0.4) is 0 Å². The van der Waals surface area contributed by atoms with Gasteiger partial charge in [-0.15, -0.1) is 5.79 Å². The fraction of sp³-hybridized carbons (Fsp3) is 1.00. The second kappa shape index (κ2) is 2.88. The Morgan fingerprint density at radius 2 is 0.900 bits per heavy atom. The van der Waals surface area contributed by atoms with Crippen LogP contribution in [0.5, 0.6) is 0 Å². The monoisotopic (exact) mass is 156 g/mol. The largest absolute Gasteiger partial charge is 0.271 e. The Morgan fingerprint density at radius 3 is 0.900 bits per heavy atom. The van der Waals surface area contributed by atoms with Crippen LogP contribution in [0, 0.1) is 0 Å². The molecule has 0 nitrogen and oxygen atoms in total. The molecular formula is C9H21Al. The Morgan fingerprint density at radius 1 is 0.700 bits per heavy atom. The highest BCUT2D eigenvalue weighted by atomic mass is 27.2. The molecule has 0 bridgehead atoms. The van der Waals surface area contributed by atoms with E-state index in [4.69, 9.17) is 0 Å². The third-order valence-corrected chi connectivity index (χ3v) is 7.79. The average Bonchev–Trinajstić information content (AvgIpc) is 1.59. The van der Waals surface area contributed by atoms with Crippen molar-refractivity contribution in [1.29, 1.82) is 0 Å². The molecule has 0 atom stereocenters. The van der Waals surface area contributed by atoms with Crippen molar-refractivity contribution in [3.05, 3.63) is 0 Å². The molecule has 0 N–H and O–H groups in total. The maximum Gasteiger partial charge on any atom is 0.271 e. The van der Waals surface area contributed by atoms with Gasteiger partial charge in [-0.3, -0.25) is 0 Å². The molecule has 0 heterocycles. The standard InChI is InChI=1S/2C4H9.CH3.Al/c2*1-4(2)3;;/h2*1-3H3;1H3;. The minimum absolute atomic E-state index is 0.579. The van der Waals surface area contributed by atoms with Crippen molar-refractivity contribution in [2.75, 3.05) is 0 Å². The van der Waals surface area contributed by atoms with E-state index in [1.165, 1.54) is 0 Å². The third-order valence-electron chi connectivity index (χ3n) is 2.60. The van der Waals surface area contributed by atoms with Gasteiger partial charge in [0.15, 0.2) is 0 Å². The molecule has 0 radical (unpaired) electrons. The van der Waals surface area contributed by atoms with E-state index < -0.39 is 14.1 Å². The molecule has 0 aliphatic heterocycles. The fourth-order valence-corrected chi connectivity index (χ4v) is 3.90. The molecular weight excluding hydrogens is 135 g/mol. The van der Waals surface area contributed by atoms with Crippen LogP contribution in [0.2, 0.25) is 14.3 Å². The minimum Gasteiger partial charge on any atom is -0.105 e. The van der Waals surface area contributed by atoms with Crippen LogP contribution in [0.15, 0.2) is 0 Å². The topological polar surface area (TPSA) is 0 Å². The lowest BCUT2D eigenvalue weighted by Crippen LogP contribution is -2.31. The molecule has 0 spiro atoms. The Hall–Kier alpha value is 0.532. The van der Waals surface area contributed by atoms with Gasteiger partial charge in [0.25, 0.3) is 14.1 Å². The van der Waals surface area contributed by atoms with Crippen LogP contribution in [-0.2, 0) is 0 Å². The summed E-state index contributed by atoms with van der Waals surface area (Å²) in [7, 11) is 0. The van der Waals surface area contributed by atoms with Crippen molar-refractivity contribution in [3.63, 3.8) is 0 Å². The van der Waals surface area contributed by atoms with E-state index in [0.717, 1.165) is 0 Å². The molecule has 0 aliphatic rings. The maximum absolute atomic E-state index is 2.47. The molecule has 0 saturated heterocycles. The normalized spacial score (nSPS) is 13.5. The first-order chi connectivity index (χ1) is 4.15. The number of hydrogen-bond donors (Lipinski definition) is 0. The van der Waals surface area contributed by atoms with Gasteiger partial charge in [0, 0.05) is 0 Å². The van der Waals surface area contributed by atoms with Gasteiger partial charge in [-0.05, 0) is 0 Å². The molecule has 0 saturated carbocycles. The summed E-state index contributed by atoms with van der Waals surface area (Å²) in [6.45, 7) is 14.2. The molecule has 0 fully saturated rings. The van der Waals surface area contributed by atoms with Gasteiger partial charge >= 0.3 is 0 Å². The highest BCUT2D eigenvalue weighted by Gasteiger charge is 2.36. The second-order valence-corrected chi connectivity index (χ2v) is 10.4. The second-order valence-electron chi connectivity index (χ2n) is 5.45. The Balaban J connectivity index is 4.23. The molecule has 0 amide bonds. The molecule has 0 aliphatic carbocycles. The molecule has 0 rings (SSSR count). The summed E-state index contributed by atoms with van der Waals surface area (Å²) in [5.41, 5.74) is 0. The molecule has 0 unspecified atom stereocenters. The van der Waals surface area contributed by atoms with E-state index >= 15 is 0 Å². The first kappa shape index (κ1) is 10.5. The SMILES string of the molecule is [CH3][Al]([C](C)(C)C)[C](C)(C)C. The van der Waals surface area contributed by atoms with Crippen molar-refractivity contribution < 1.29 is 0 Å². The molecule has 1 heteroatoms. The van der Waals surface area contributed by atoms with Crippen molar-refractivity contribution in [2.24, 2.45) is 0 Å². The average molecular weight is 156 g/mol. The molecule has 0 aromatic rings. The highest BCUT2D eigenvalue weighted by molar-refractivity contribution is 6.63. The van der Waals surface area contributed by atoms with E-state index in [2.05, 4.69) is 47.3 Å². The van der Waals surface area contributed by atoms with Gasteiger partial charge in [-0.25, -0.2) is 0 Å². The molecule has 0 aromatic carbocycles. The first-order valence-electron chi connectivity index (χ1n) is 4.15. The zero-order chi connectivity index (χ0) is 8.58. The van der Waals surface area contributed by atoms with E-state index in [1.54, 1.807) is 0 Å². The lowest BCUT2D eigenvalue weighted by molar-refractivity contribution is 0.647. The maximum atomic E-state index is 2.47. The van der Waals surface area contributed by atoms with Crippen LogP contribution < -0.4 is 0 Å². The fourth-order valence-electron chi connectivity index (χ4n) is 1.30. The third kappa shape index (κ3) is 3.08. The van der Waals surface area contributed by atoms with E-state index in [0.29, 0.717) is 8.55 Å². The van der Waals surface area contributed by atoms with E-state index in [-0.39, 0.29) is 0 Å². The first-order valence-corrected chi connectivity index (χ1v) is 6.46. The van der Waals surface area contributed by atoms with Crippen LogP contribution in [0.25, 0.3) is 0 Å². The van der Waals surface area contributed by atoms with Crippen LogP contribution in [0.1, 0.15) is 41.5 Å². The van der Waals surface area contributed by atoms with Crippen molar-refractivity contribution in [1.82, 2.24) is 0 Å². The summed E-state index contributed by atoms with van der Waals surface area (Å²) < 4.78 is 1.16. The minimum atomic E-state index is -0.579. The summed E-state index contributed by atoms with van der Waals surface area (Å²) in [5, 5.41) is 0. The van der Waals surface area contributed by atoms with Gasteiger partial charge in [0.05, 0.1) is 0 Å². The lowest BCUT2D eigenvalue weighted by Gasteiger charge is -2.33. The van der Waals surface area contributed by atoms with Crippen molar-refractivity contribution in [3.8, 4) is 0 Å². The highest BCUT2D eigenvalue weighted by Crippen LogP contribution is 2.41. The van der Waals surface area contributed by atoms with Gasteiger partial charge in [0.2, 0.25) is 0 Å². The van der Waals surface area contributed by atoms with Crippen LogP contribution in [0.4, 0.5) is 0 Å². The molecule has 10 heavy (non-hydrogen) atoms. The summed E-state index contributed by atoms with van der Waals surface area (Å²) in [5.74, 6) is 2.47. The Kier molecular flexibility index (Phi) is 3.03.